The van der Waals surface area contributed by atoms with Gasteiger partial charge in [-0.15, -0.1) is 0 Å². The molecule has 366 valence electrons. The number of imide groups is 2. The van der Waals surface area contributed by atoms with Crippen molar-refractivity contribution in [3.05, 3.63) is 135 Å². The summed E-state index contributed by atoms with van der Waals surface area (Å²) in [5, 5.41) is 13.0. The average molecular weight is 965 g/mol. The molecule has 17 nitrogen and oxygen atoms in total. The molecule has 0 radical (unpaired) electrons. The molecular formula is C50H53F3N9O8+. The molecule has 6 heterocycles. The summed E-state index contributed by atoms with van der Waals surface area (Å²) in [6, 6.07) is 19.8. The second-order valence-corrected chi connectivity index (χ2v) is 18.3. The summed E-state index contributed by atoms with van der Waals surface area (Å²) in [6.45, 7) is 3.59. The Morgan fingerprint density at radius 3 is 2.39 bits per heavy atom. The number of aromatic nitrogens is 2. The van der Waals surface area contributed by atoms with Crippen LogP contribution in [-0.4, -0.2) is 118 Å². The minimum absolute atomic E-state index is 0.0380. The number of halogens is 3. The molecule has 3 fully saturated rings. The highest BCUT2D eigenvalue weighted by molar-refractivity contribution is 6.25. The molecule has 9 rings (SSSR count). The molecule has 4 aliphatic heterocycles. The zero-order valence-corrected chi connectivity index (χ0v) is 38.4. The molecule has 2 aromatic heterocycles. The summed E-state index contributed by atoms with van der Waals surface area (Å²) in [5.41, 5.74) is 8.31. The number of rotatable bonds is 17. The van der Waals surface area contributed by atoms with Crippen LogP contribution < -0.4 is 22.1 Å². The van der Waals surface area contributed by atoms with Gasteiger partial charge in [-0.1, -0.05) is 42.5 Å². The van der Waals surface area contributed by atoms with Crippen molar-refractivity contribution in [1.29, 1.82) is 5.41 Å². The fraction of sp³-hybridized carbons (Fsp3) is 0.380. The van der Waals surface area contributed by atoms with E-state index in [-0.39, 0.29) is 42.1 Å². The maximum atomic E-state index is 14.6. The van der Waals surface area contributed by atoms with Crippen LogP contribution in [-0.2, 0) is 55.1 Å². The van der Waals surface area contributed by atoms with Crippen LogP contribution in [0.4, 0.5) is 18.9 Å². The highest BCUT2D eigenvalue weighted by Gasteiger charge is 2.46. The Kier molecular flexibility index (Phi) is 13.6. The molecule has 1 atom stereocenters. The zero-order chi connectivity index (χ0) is 49.3. The van der Waals surface area contributed by atoms with E-state index in [1.807, 2.05) is 30.3 Å². The molecule has 5 aromatic rings. The van der Waals surface area contributed by atoms with Crippen molar-refractivity contribution < 1.29 is 51.1 Å². The second kappa shape index (κ2) is 19.8. The van der Waals surface area contributed by atoms with Crippen molar-refractivity contribution in [2.45, 2.75) is 75.5 Å². The quantitative estimate of drug-likeness (QED) is 0.0334. The molecule has 5 N–H and O–H groups in total. The van der Waals surface area contributed by atoms with E-state index in [0.29, 0.717) is 94.7 Å². The van der Waals surface area contributed by atoms with Crippen LogP contribution in [0, 0.1) is 5.41 Å². The Hall–Kier alpha value is -7.00. The van der Waals surface area contributed by atoms with Gasteiger partial charge in [0, 0.05) is 57.1 Å². The lowest BCUT2D eigenvalue weighted by Crippen LogP contribution is -2.54. The standard InChI is InChI=1S/C50H52F3N9O8/c1-58(30-54)42(55)22-49(28-69-29-49)34-4-2-5-35(21-34)60-26-41-38(50(51,52)53)20-33(25-61(41)48(60)67)24-59-16-14-36(15-17-59)70-19-18-68-27-32-10-8-31(9-11-32)23-56-39-7-3-6-37-44(39)47(66)62(46(37)65)40-12-13-43(63)57-45(40)64/h2-11,20-21,25-26,30,36,40,54-55H,12-19,22-24,27-29H2,1H3,(H2,56,57,63,64,66)/p+1. The van der Waals surface area contributed by atoms with Crippen LogP contribution in [0.1, 0.15) is 80.6 Å². The summed E-state index contributed by atoms with van der Waals surface area (Å²) in [7, 11) is 1.68. The van der Waals surface area contributed by atoms with Crippen LogP contribution >= 0.6 is 0 Å². The normalized spacial score (nSPS) is 19.0. The minimum Gasteiger partial charge on any atom is -0.380 e. The summed E-state index contributed by atoms with van der Waals surface area (Å²) in [4.78, 5) is 67.6. The number of benzene rings is 3. The Bertz CT molecular complexity index is 2950. The van der Waals surface area contributed by atoms with Gasteiger partial charge in [-0.2, -0.15) is 18.6 Å². The van der Waals surface area contributed by atoms with E-state index in [4.69, 9.17) is 25.4 Å². The third-order valence-electron chi connectivity index (χ3n) is 13.6. The monoisotopic (exact) mass is 964 g/mol. The summed E-state index contributed by atoms with van der Waals surface area (Å²) >= 11 is 0. The number of hydrogen-bond donors (Lipinski definition) is 4. The number of likely N-dealkylation sites (tertiary alicyclic amines) is 1. The van der Waals surface area contributed by atoms with E-state index >= 15 is 0 Å². The lowest BCUT2D eigenvalue weighted by Gasteiger charge is -2.41. The first-order chi connectivity index (χ1) is 33.6. The van der Waals surface area contributed by atoms with E-state index in [9.17, 15) is 37.1 Å². The fourth-order valence-corrected chi connectivity index (χ4v) is 9.57. The predicted octanol–water partition coefficient (Wildman–Crippen LogP) is 4.58. The number of carbonyl (C=O) groups is 4. The Morgan fingerprint density at radius 1 is 0.943 bits per heavy atom. The molecule has 3 saturated heterocycles. The molecule has 70 heavy (non-hydrogen) atoms. The van der Waals surface area contributed by atoms with Gasteiger partial charge >= 0.3 is 11.9 Å². The number of alkyl halides is 3. The van der Waals surface area contributed by atoms with Gasteiger partial charge in [-0.3, -0.25) is 43.3 Å². The van der Waals surface area contributed by atoms with Crippen LogP contribution in [0.25, 0.3) is 11.2 Å². The number of fused-ring (bicyclic) bond motifs is 2. The molecule has 0 saturated carbocycles. The largest absolute Gasteiger partial charge is 0.418 e. The minimum atomic E-state index is -4.71. The van der Waals surface area contributed by atoms with Crippen molar-refractivity contribution in [2.75, 3.05) is 51.9 Å². The molecule has 1 unspecified atom stereocenters. The number of piperidine rings is 2. The number of carbonyl (C=O) groups excluding carboxylic acids is 4. The molecule has 4 aliphatic rings. The number of anilines is 1. The third kappa shape index (κ3) is 9.76. The number of nitrogens with one attached hydrogen (secondary N) is 3. The van der Waals surface area contributed by atoms with Gasteiger partial charge in [0.25, 0.3) is 11.8 Å². The van der Waals surface area contributed by atoms with Crippen LogP contribution in [0.15, 0.2) is 90.0 Å². The topological polar surface area (TPSA) is 206 Å². The highest BCUT2D eigenvalue weighted by atomic mass is 19.4. The van der Waals surface area contributed by atoms with Crippen molar-refractivity contribution in [1.82, 2.24) is 24.1 Å². The summed E-state index contributed by atoms with van der Waals surface area (Å²) < 4.78 is 65.2. The first kappa shape index (κ1) is 48.0. The van der Waals surface area contributed by atoms with Crippen molar-refractivity contribution in [3.8, 4) is 5.69 Å². The van der Waals surface area contributed by atoms with E-state index in [0.717, 1.165) is 38.4 Å². The van der Waals surface area contributed by atoms with Gasteiger partial charge in [0.2, 0.25) is 18.2 Å². The van der Waals surface area contributed by atoms with Gasteiger partial charge in [0.15, 0.2) is 5.84 Å². The average Bonchev–Trinajstić information content (AvgIpc) is 3.80. The van der Waals surface area contributed by atoms with E-state index in [2.05, 4.69) is 15.5 Å². The van der Waals surface area contributed by atoms with Crippen molar-refractivity contribution >= 4 is 47.0 Å². The van der Waals surface area contributed by atoms with Crippen molar-refractivity contribution in [3.63, 3.8) is 0 Å². The van der Waals surface area contributed by atoms with E-state index < -0.39 is 52.5 Å². The number of hydrogen-bond acceptors (Lipinski definition) is 11. The SMILES string of the molecule is C[N+](C=N)=C(N)CC1(c2cccc(-n3cc4c(C(F)(F)F)cc(CN5CCC(OCCOCc6ccc(CNc7cccc8c7C(=O)N(C7CCC(=O)NC7=O)C8=O)cc6)CC5)cn4c3=O)c2)COC1. The maximum Gasteiger partial charge on any atom is 0.418 e. The number of nitrogens with zero attached hydrogens (tertiary/aromatic N) is 5. The molecule has 20 heteroatoms. The second-order valence-electron chi connectivity index (χ2n) is 18.3. The number of pyridine rings is 1. The Balaban J connectivity index is 0.742. The Labute approximate surface area is 400 Å². The first-order valence-corrected chi connectivity index (χ1v) is 23.1. The summed E-state index contributed by atoms with van der Waals surface area (Å²) in [5.74, 6) is -1.78. The molecular weight excluding hydrogens is 912 g/mol. The number of amidine groups is 1. The number of amides is 4. The third-order valence-corrected chi connectivity index (χ3v) is 13.6. The number of ether oxygens (including phenoxy) is 3. The molecule has 3 aromatic carbocycles. The van der Waals surface area contributed by atoms with Crippen LogP contribution in [0.2, 0.25) is 0 Å². The lowest BCUT2D eigenvalue weighted by atomic mass is 9.75. The molecule has 0 spiro atoms. The van der Waals surface area contributed by atoms with Gasteiger partial charge in [0.05, 0.1) is 79.5 Å². The fourth-order valence-electron chi connectivity index (χ4n) is 9.57. The van der Waals surface area contributed by atoms with Gasteiger partial charge < -0.3 is 25.3 Å². The number of nitrogens with two attached hydrogens (primary N) is 1. The highest BCUT2D eigenvalue weighted by Crippen LogP contribution is 2.38. The predicted molar refractivity (Wildman–Crippen MR) is 250 cm³/mol. The van der Waals surface area contributed by atoms with Gasteiger partial charge in [-0.25, -0.2) is 9.37 Å². The Morgan fingerprint density at radius 2 is 1.69 bits per heavy atom. The molecule has 0 aliphatic carbocycles. The number of imidazole rings is 1. The molecule has 0 bridgehead atoms. The van der Waals surface area contributed by atoms with Crippen LogP contribution in [0.3, 0.4) is 0 Å². The first-order valence-electron chi connectivity index (χ1n) is 23.1. The zero-order valence-electron chi connectivity index (χ0n) is 38.4. The van der Waals surface area contributed by atoms with Gasteiger partial charge in [-0.05, 0) is 71.8 Å². The van der Waals surface area contributed by atoms with Crippen molar-refractivity contribution in [2.24, 2.45) is 5.73 Å². The lowest BCUT2D eigenvalue weighted by molar-refractivity contribution is -0.365. The van der Waals surface area contributed by atoms with Crippen LogP contribution in [0.5, 0.6) is 0 Å². The smallest absolute Gasteiger partial charge is 0.380 e. The van der Waals surface area contributed by atoms with Gasteiger partial charge in [0.1, 0.15) is 6.04 Å². The van der Waals surface area contributed by atoms with E-state index in [1.165, 1.54) is 21.5 Å². The summed E-state index contributed by atoms with van der Waals surface area (Å²) in [6.07, 6.45) is 0.962. The maximum absolute atomic E-state index is 14.6. The van der Waals surface area contributed by atoms with E-state index in [1.54, 1.807) is 43.4 Å². The molecule has 4 amide bonds.